The van der Waals surface area contributed by atoms with Crippen LogP contribution < -0.4 is 10.6 Å². The highest BCUT2D eigenvalue weighted by Crippen LogP contribution is 2.38. The molecular weight excluding hydrogens is 520 g/mol. The molecule has 2 amide bonds. The third-order valence-corrected chi connectivity index (χ3v) is 7.51. The third-order valence-electron chi connectivity index (χ3n) is 5.72. The lowest BCUT2D eigenvalue weighted by atomic mass is 10.0. The van der Waals surface area contributed by atoms with Gasteiger partial charge in [0, 0.05) is 21.9 Å². The predicted molar refractivity (Wildman–Crippen MR) is 154 cm³/mol. The van der Waals surface area contributed by atoms with E-state index in [1.165, 1.54) is 22.7 Å². The number of aryl methyl sites for hydroxylation is 2. The zero-order valence-electron chi connectivity index (χ0n) is 21.5. The molecule has 7 nitrogen and oxygen atoms in total. The SMILES string of the molecule is CCOC(=O)c1c(-c2ccc(C)cc2)csc1NC(=O)Nc1scc(-c2ccc(C)cc2)c1C(=O)OCC. The second-order valence-corrected chi connectivity index (χ2v) is 10.2. The predicted octanol–water partition coefficient (Wildman–Crippen LogP) is 7.76. The summed E-state index contributed by atoms with van der Waals surface area (Å²) in [7, 11) is 0. The number of nitrogens with one attached hydrogen (secondary N) is 2. The summed E-state index contributed by atoms with van der Waals surface area (Å²) in [6.45, 7) is 7.84. The van der Waals surface area contributed by atoms with Crippen LogP contribution in [0.3, 0.4) is 0 Å². The van der Waals surface area contributed by atoms with Crippen LogP contribution in [0.1, 0.15) is 45.7 Å². The lowest BCUT2D eigenvalue weighted by Crippen LogP contribution is -2.21. The van der Waals surface area contributed by atoms with Crippen molar-refractivity contribution in [2.24, 2.45) is 0 Å². The van der Waals surface area contributed by atoms with Crippen LogP contribution in [0.15, 0.2) is 59.3 Å². The van der Waals surface area contributed by atoms with Gasteiger partial charge >= 0.3 is 18.0 Å². The number of ether oxygens (including phenoxy) is 2. The average molecular weight is 549 g/mol. The van der Waals surface area contributed by atoms with Crippen LogP contribution in [0.2, 0.25) is 0 Å². The van der Waals surface area contributed by atoms with Gasteiger partial charge in [0.15, 0.2) is 0 Å². The zero-order valence-corrected chi connectivity index (χ0v) is 23.2. The van der Waals surface area contributed by atoms with Gasteiger partial charge in [-0.1, -0.05) is 59.7 Å². The van der Waals surface area contributed by atoms with E-state index in [-0.39, 0.29) is 24.3 Å². The molecule has 2 aromatic heterocycles. The molecule has 0 unspecified atom stereocenters. The first-order chi connectivity index (χ1) is 18.3. The van der Waals surface area contributed by atoms with Crippen molar-refractivity contribution in [2.75, 3.05) is 23.8 Å². The molecule has 0 saturated carbocycles. The minimum absolute atomic E-state index is 0.202. The van der Waals surface area contributed by atoms with Crippen LogP contribution in [-0.2, 0) is 9.47 Å². The molecule has 0 atom stereocenters. The van der Waals surface area contributed by atoms with Crippen molar-refractivity contribution in [1.82, 2.24) is 0 Å². The Morgan fingerprint density at radius 3 is 1.37 bits per heavy atom. The van der Waals surface area contributed by atoms with Crippen molar-refractivity contribution in [3.8, 4) is 22.3 Å². The van der Waals surface area contributed by atoms with Crippen LogP contribution in [0.25, 0.3) is 22.3 Å². The Labute approximate surface area is 229 Å². The van der Waals surface area contributed by atoms with Crippen molar-refractivity contribution < 1.29 is 23.9 Å². The summed E-state index contributed by atoms with van der Waals surface area (Å²) in [6, 6.07) is 14.9. The van der Waals surface area contributed by atoms with E-state index in [0.717, 1.165) is 22.3 Å². The number of carbonyl (C=O) groups excluding carboxylic acids is 3. The number of urea groups is 1. The van der Waals surface area contributed by atoms with Gasteiger partial charge in [-0.3, -0.25) is 10.6 Å². The summed E-state index contributed by atoms with van der Waals surface area (Å²) in [5, 5.41) is 9.89. The molecule has 2 N–H and O–H groups in total. The number of esters is 2. The number of anilines is 2. The average Bonchev–Trinajstić information content (AvgIpc) is 3.49. The monoisotopic (exact) mass is 548 g/mol. The van der Waals surface area contributed by atoms with Gasteiger partial charge in [-0.05, 0) is 38.8 Å². The van der Waals surface area contributed by atoms with Crippen molar-refractivity contribution in [2.45, 2.75) is 27.7 Å². The molecule has 0 aliphatic heterocycles. The highest BCUT2D eigenvalue weighted by Gasteiger charge is 2.25. The van der Waals surface area contributed by atoms with E-state index in [1.54, 1.807) is 13.8 Å². The number of hydrogen-bond donors (Lipinski definition) is 2. The van der Waals surface area contributed by atoms with E-state index in [2.05, 4.69) is 10.6 Å². The van der Waals surface area contributed by atoms with Gasteiger partial charge in [-0.15, -0.1) is 22.7 Å². The summed E-state index contributed by atoms with van der Waals surface area (Å²) in [6.07, 6.45) is 0. The molecule has 9 heteroatoms. The van der Waals surface area contributed by atoms with Crippen LogP contribution in [0, 0.1) is 13.8 Å². The quantitative estimate of drug-likeness (QED) is 0.220. The lowest BCUT2D eigenvalue weighted by molar-refractivity contribution is 0.0519. The summed E-state index contributed by atoms with van der Waals surface area (Å²) < 4.78 is 10.6. The second-order valence-electron chi connectivity index (χ2n) is 8.46. The summed E-state index contributed by atoms with van der Waals surface area (Å²) in [5.74, 6) is -1.05. The minimum atomic E-state index is -0.587. The Morgan fingerprint density at radius 1 is 0.658 bits per heavy atom. The smallest absolute Gasteiger partial charge is 0.341 e. The molecule has 2 heterocycles. The van der Waals surface area contributed by atoms with Gasteiger partial charge in [0.05, 0.1) is 13.2 Å². The summed E-state index contributed by atoms with van der Waals surface area (Å²) in [5.41, 5.74) is 5.79. The van der Waals surface area contributed by atoms with Crippen molar-refractivity contribution >= 4 is 50.6 Å². The van der Waals surface area contributed by atoms with Gasteiger partial charge in [0.25, 0.3) is 0 Å². The fourth-order valence-corrected chi connectivity index (χ4v) is 5.75. The highest BCUT2D eigenvalue weighted by atomic mass is 32.1. The lowest BCUT2D eigenvalue weighted by Gasteiger charge is -2.11. The molecule has 0 bridgehead atoms. The fraction of sp³-hybridized carbons (Fsp3) is 0.207. The van der Waals surface area contributed by atoms with Crippen LogP contribution >= 0.6 is 22.7 Å². The van der Waals surface area contributed by atoms with E-state index in [1.807, 2.05) is 73.1 Å². The number of benzene rings is 2. The Bertz CT molecular complexity index is 1340. The highest BCUT2D eigenvalue weighted by molar-refractivity contribution is 7.16. The first kappa shape index (κ1) is 27.1. The van der Waals surface area contributed by atoms with Gasteiger partial charge in [0.2, 0.25) is 0 Å². The molecule has 0 fully saturated rings. The maximum Gasteiger partial charge on any atom is 0.341 e. The zero-order chi connectivity index (χ0) is 27.2. The molecular formula is C29H28N2O5S2. The largest absolute Gasteiger partial charge is 0.462 e. The topological polar surface area (TPSA) is 93.7 Å². The van der Waals surface area contributed by atoms with Crippen LogP contribution in [0.4, 0.5) is 14.8 Å². The molecule has 38 heavy (non-hydrogen) atoms. The van der Waals surface area contributed by atoms with Crippen LogP contribution in [-0.4, -0.2) is 31.2 Å². The van der Waals surface area contributed by atoms with Gasteiger partial charge in [0.1, 0.15) is 21.1 Å². The van der Waals surface area contributed by atoms with E-state index in [9.17, 15) is 14.4 Å². The summed E-state index contributed by atoms with van der Waals surface area (Å²) >= 11 is 2.46. The molecule has 0 aliphatic rings. The maximum atomic E-state index is 13.1. The van der Waals surface area contributed by atoms with E-state index < -0.39 is 18.0 Å². The van der Waals surface area contributed by atoms with Gasteiger partial charge < -0.3 is 9.47 Å². The Hall–Kier alpha value is -3.95. The number of amides is 2. The van der Waals surface area contributed by atoms with Crippen molar-refractivity contribution in [1.29, 1.82) is 0 Å². The van der Waals surface area contributed by atoms with E-state index in [4.69, 9.17) is 9.47 Å². The van der Waals surface area contributed by atoms with E-state index >= 15 is 0 Å². The standard InChI is InChI=1S/C29H28N2O5S2/c1-5-35-27(32)23-21(19-11-7-17(3)8-12-19)15-37-25(23)30-29(34)31-26-24(28(33)36-6-2)22(16-38-26)20-13-9-18(4)10-14-20/h7-16H,5-6H2,1-4H3,(H2,30,31,34). The Balaban J connectivity index is 1.64. The first-order valence-electron chi connectivity index (χ1n) is 12.1. The molecule has 0 saturated heterocycles. The first-order valence-corrected chi connectivity index (χ1v) is 13.9. The molecule has 0 aliphatic carbocycles. The fourth-order valence-electron chi connectivity index (χ4n) is 3.84. The third kappa shape index (κ3) is 5.95. The Kier molecular flexibility index (Phi) is 8.60. The molecule has 0 spiro atoms. The number of carbonyl (C=O) groups is 3. The molecule has 196 valence electrons. The molecule has 0 radical (unpaired) electrons. The van der Waals surface area contributed by atoms with Crippen molar-refractivity contribution in [3.63, 3.8) is 0 Å². The number of rotatable bonds is 8. The maximum absolute atomic E-state index is 13.1. The number of thiophene rings is 2. The molecule has 4 aromatic rings. The summed E-state index contributed by atoms with van der Waals surface area (Å²) in [4.78, 5) is 38.9. The second kappa shape index (κ2) is 12.1. The number of hydrogen-bond acceptors (Lipinski definition) is 7. The van der Waals surface area contributed by atoms with Gasteiger partial charge in [-0.25, -0.2) is 14.4 Å². The van der Waals surface area contributed by atoms with Gasteiger partial charge in [-0.2, -0.15) is 0 Å². The molecule has 2 aromatic carbocycles. The van der Waals surface area contributed by atoms with E-state index in [0.29, 0.717) is 21.1 Å². The van der Waals surface area contributed by atoms with Crippen LogP contribution in [0.5, 0.6) is 0 Å². The van der Waals surface area contributed by atoms with Crippen molar-refractivity contribution in [3.05, 3.63) is 81.5 Å². The Morgan fingerprint density at radius 2 is 1.03 bits per heavy atom. The normalized spacial score (nSPS) is 10.6. The minimum Gasteiger partial charge on any atom is -0.462 e. The molecule has 4 rings (SSSR count).